The number of nitrogens with two attached hydrogens (primary N) is 1. The molecule has 0 heterocycles. The summed E-state index contributed by atoms with van der Waals surface area (Å²) in [5.74, 6) is -0.780. The van der Waals surface area contributed by atoms with E-state index in [-0.39, 0.29) is 17.7 Å². The van der Waals surface area contributed by atoms with Crippen molar-refractivity contribution in [3.8, 4) is 0 Å². The summed E-state index contributed by atoms with van der Waals surface area (Å²) in [6.07, 6.45) is 3.91. The van der Waals surface area contributed by atoms with Crippen LogP contribution in [-0.4, -0.2) is 43.9 Å². The summed E-state index contributed by atoms with van der Waals surface area (Å²) in [6.45, 7) is 3.41. The third-order valence-corrected chi connectivity index (χ3v) is 2.47. The Labute approximate surface area is 104 Å². The van der Waals surface area contributed by atoms with Gasteiger partial charge in [0.15, 0.2) is 0 Å². The van der Waals surface area contributed by atoms with Gasteiger partial charge in [-0.2, -0.15) is 0 Å². The van der Waals surface area contributed by atoms with Gasteiger partial charge in [0.25, 0.3) is 0 Å². The van der Waals surface area contributed by atoms with Crippen molar-refractivity contribution in [2.45, 2.75) is 26.2 Å². The Morgan fingerprint density at radius 1 is 1.35 bits per heavy atom. The molecule has 0 rings (SSSR count). The van der Waals surface area contributed by atoms with Gasteiger partial charge in [-0.15, -0.1) is 0 Å². The molecule has 0 aliphatic heterocycles. The molecule has 1 radical (unpaired) electrons. The largest absolute Gasteiger partial charge is 0.369 e. The molecule has 0 aliphatic rings. The first-order valence-electron chi connectivity index (χ1n) is 5.98. The van der Waals surface area contributed by atoms with Gasteiger partial charge in [-0.25, -0.2) is 0 Å². The molecule has 0 aromatic heterocycles. The van der Waals surface area contributed by atoms with Crippen LogP contribution in [0.15, 0.2) is 0 Å². The van der Waals surface area contributed by atoms with Crippen molar-refractivity contribution in [1.29, 1.82) is 0 Å². The summed E-state index contributed by atoms with van der Waals surface area (Å²) in [6, 6.07) is 0. The predicted octanol–water partition coefficient (Wildman–Crippen LogP) is 0.160. The van der Waals surface area contributed by atoms with Crippen LogP contribution in [0.1, 0.15) is 26.2 Å². The lowest BCUT2D eigenvalue weighted by molar-refractivity contribution is -0.121. The highest BCUT2D eigenvalue weighted by atomic mass is 16.2. The molecular weight excluding hydrogens is 218 g/mol. The number of nitrogens with one attached hydrogen (secondary N) is 1. The zero-order chi connectivity index (χ0) is 13.3. The summed E-state index contributed by atoms with van der Waals surface area (Å²) in [4.78, 5) is 24.2. The predicted molar refractivity (Wildman–Crippen MR) is 68.1 cm³/mol. The highest BCUT2D eigenvalue weighted by Gasteiger charge is 2.11. The first kappa shape index (κ1) is 15.9. The number of rotatable bonds is 9. The number of carbonyl (C=O) groups is 2. The van der Waals surface area contributed by atoms with Gasteiger partial charge in [-0.3, -0.25) is 9.59 Å². The van der Waals surface area contributed by atoms with E-state index in [0.29, 0.717) is 13.0 Å². The Balaban J connectivity index is 3.44. The van der Waals surface area contributed by atoms with Gasteiger partial charge < -0.3 is 16.0 Å². The molecule has 0 saturated carbocycles. The van der Waals surface area contributed by atoms with Crippen LogP contribution in [0.4, 0.5) is 0 Å². The van der Waals surface area contributed by atoms with Crippen LogP contribution in [0.5, 0.6) is 0 Å². The van der Waals surface area contributed by atoms with Crippen LogP contribution in [0.25, 0.3) is 0 Å². The van der Waals surface area contributed by atoms with Crippen LogP contribution in [0.3, 0.4) is 0 Å². The fourth-order valence-electron chi connectivity index (χ4n) is 1.24. The topological polar surface area (TPSA) is 75.4 Å². The van der Waals surface area contributed by atoms with E-state index in [9.17, 15) is 9.59 Å². The molecule has 2 amide bonds. The highest BCUT2D eigenvalue weighted by Crippen LogP contribution is 2.02. The van der Waals surface area contributed by atoms with Gasteiger partial charge in [0.05, 0.1) is 6.42 Å². The van der Waals surface area contributed by atoms with E-state index < -0.39 is 0 Å². The number of amides is 2. The molecule has 5 nitrogen and oxygen atoms in total. The van der Waals surface area contributed by atoms with E-state index in [1.54, 1.807) is 6.92 Å². The van der Waals surface area contributed by atoms with Crippen LogP contribution in [0, 0.1) is 12.3 Å². The third kappa shape index (κ3) is 9.81. The second kappa shape index (κ2) is 8.98. The second-order valence-corrected chi connectivity index (χ2v) is 4.54. The molecule has 1 atom stereocenters. The van der Waals surface area contributed by atoms with Crippen molar-refractivity contribution in [3.63, 3.8) is 0 Å². The third-order valence-electron chi connectivity index (χ3n) is 2.47. The minimum absolute atomic E-state index is 0.122. The highest BCUT2D eigenvalue weighted by molar-refractivity contribution is 5.85. The lowest BCUT2D eigenvalue weighted by Crippen LogP contribution is -2.28. The first-order chi connectivity index (χ1) is 7.93. The number of carbonyl (C=O) groups excluding carboxylic acids is 2. The van der Waals surface area contributed by atoms with Gasteiger partial charge in [-0.1, -0.05) is 6.92 Å². The van der Waals surface area contributed by atoms with Crippen LogP contribution in [-0.2, 0) is 9.59 Å². The monoisotopic (exact) mass is 242 g/mol. The molecule has 0 unspecified atom stereocenters. The van der Waals surface area contributed by atoms with Crippen molar-refractivity contribution < 1.29 is 9.59 Å². The summed E-state index contributed by atoms with van der Waals surface area (Å²) < 4.78 is 0. The molecule has 0 saturated heterocycles. The molecule has 0 fully saturated rings. The molecule has 0 bridgehead atoms. The number of hydrogen-bond donors (Lipinski definition) is 2. The smallest absolute Gasteiger partial charge is 0.223 e. The maximum Gasteiger partial charge on any atom is 0.223 e. The lowest BCUT2D eigenvalue weighted by Gasteiger charge is -2.10. The average molecular weight is 242 g/mol. The summed E-state index contributed by atoms with van der Waals surface area (Å²) >= 11 is 0. The molecule has 5 heteroatoms. The number of unbranched alkanes of at least 4 members (excludes halogenated alkanes) is 1. The van der Waals surface area contributed by atoms with Crippen molar-refractivity contribution in [1.82, 2.24) is 10.2 Å². The Hall–Kier alpha value is -1.10. The van der Waals surface area contributed by atoms with Crippen LogP contribution in [0.2, 0.25) is 0 Å². The van der Waals surface area contributed by atoms with Gasteiger partial charge in [-0.05, 0) is 39.9 Å². The molecule has 3 N–H and O–H groups in total. The summed E-state index contributed by atoms with van der Waals surface area (Å²) in [5, 5.41) is 2.79. The van der Waals surface area contributed by atoms with Gasteiger partial charge in [0, 0.05) is 12.5 Å². The molecule has 99 valence electrons. The van der Waals surface area contributed by atoms with Crippen LogP contribution < -0.4 is 11.1 Å². The minimum atomic E-state index is -0.375. The SMILES string of the molecule is C[C@@H](C[CH]C(=O)NCCCCN(C)C)C(N)=O. The van der Waals surface area contributed by atoms with E-state index in [1.807, 2.05) is 14.1 Å². The van der Waals surface area contributed by atoms with E-state index in [1.165, 1.54) is 6.42 Å². The van der Waals surface area contributed by atoms with Gasteiger partial charge in [0.2, 0.25) is 11.8 Å². The molecular formula is C12H24N3O2. The van der Waals surface area contributed by atoms with Crippen molar-refractivity contribution in [2.24, 2.45) is 11.7 Å². The Morgan fingerprint density at radius 2 is 2.00 bits per heavy atom. The molecule has 17 heavy (non-hydrogen) atoms. The van der Waals surface area contributed by atoms with Crippen LogP contribution >= 0.6 is 0 Å². The molecule has 0 aromatic carbocycles. The van der Waals surface area contributed by atoms with Crippen molar-refractivity contribution >= 4 is 11.8 Å². The Bertz CT molecular complexity index is 242. The van der Waals surface area contributed by atoms with Crippen molar-refractivity contribution in [3.05, 3.63) is 6.42 Å². The molecule has 0 spiro atoms. The fraction of sp³-hybridized carbons (Fsp3) is 0.750. The number of primary amides is 1. The van der Waals surface area contributed by atoms with E-state index in [4.69, 9.17) is 5.73 Å². The molecule has 0 aromatic rings. The normalized spacial score (nSPS) is 12.5. The van der Waals surface area contributed by atoms with Gasteiger partial charge >= 0.3 is 0 Å². The fourth-order valence-corrected chi connectivity index (χ4v) is 1.24. The van der Waals surface area contributed by atoms with E-state index in [0.717, 1.165) is 19.4 Å². The average Bonchev–Trinajstić information content (AvgIpc) is 2.24. The van der Waals surface area contributed by atoms with E-state index in [2.05, 4.69) is 10.2 Å². The van der Waals surface area contributed by atoms with Gasteiger partial charge in [0.1, 0.15) is 0 Å². The quantitative estimate of drug-likeness (QED) is 0.566. The maximum atomic E-state index is 11.3. The Kier molecular flexibility index (Phi) is 8.40. The minimum Gasteiger partial charge on any atom is -0.369 e. The summed E-state index contributed by atoms with van der Waals surface area (Å²) in [7, 11) is 4.05. The maximum absolute atomic E-state index is 11.3. The zero-order valence-corrected chi connectivity index (χ0v) is 11.0. The van der Waals surface area contributed by atoms with E-state index >= 15 is 0 Å². The first-order valence-corrected chi connectivity index (χ1v) is 5.98. The Morgan fingerprint density at radius 3 is 2.53 bits per heavy atom. The number of hydrogen-bond acceptors (Lipinski definition) is 3. The second-order valence-electron chi connectivity index (χ2n) is 4.54. The number of nitrogens with zero attached hydrogens (tertiary/aromatic N) is 1. The lowest BCUT2D eigenvalue weighted by atomic mass is 10.1. The standard InChI is InChI=1S/C12H24N3O2/c1-10(12(13)17)6-7-11(16)14-8-4-5-9-15(2)3/h7,10H,4-6,8-9H2,1-3H3,(H2,13,17)(H,14,16)/t10-/m0/s1. The summed E-state index contributed by atoms with van der Waals surface area (Å²) in [5.41, 5.74) is 5.09. The van der Waals surface area contributed by atoms with Crippen molar-refractivity contribution in [2.75, 3.05) is 27.2 Å². The molecule has 0 aliphatic carbocycles. The zero-order valence-electron chi connectivity index (χ0n) is 11.0.